The number of hydrogen-bond donors (Lipinski definition) is 1. The van der Waals surface area contributed by atoms with Crippen LogP contribution in [0.4, 0.5) is 10.1 Å². The van der Waals surface area contributed by atoms with Gasteiger partial charge in [0.1, 0.15) is 5.82 Å². The van der Waals surface area contributed by atoms with Gasteiger partial charge in [0.2, 0.25) is 0 Å². The molecule has 1 aromatic carbocycles. The first-order valence-corrected chi connectivity index (χ1v) is 7.35. The summed E-state index contributed by atoms with van der Waals surface area (Å²) in [5.41, 5.74) is 1.59. The molecule has 3 heteroatoms. The van der Waals surface area contributed by atoms with Crippen LogP contribution in [-0.2, 0) is 0 Å². The smallest absolute Gasteiger partial charge is 0.146 e. The molecular weight excluding hydrogens is 239 g/mol. The Morgan fingerprint density at radius 2 is 2.26 bits per heavy atom. The highest BCUT2D eigenvalue weighted by atomic mass is 19.1. The normalized spacial score (nSPS) is 22.2. The molecule has 2 atom stereocenters. The molecule has 106 valence electrons. The van der Waals surface area contributed by atoms with Crippen LogP contribution >= 0.6 is 0 Å². The number of anilines is 1. The summed E-state index contributed by atoms with van der Waals surface area (Å²) in [6, 6.07) is 5.71. The number of likely N-dealkylation sites (tertiary alicyclic amines) is 1. The molecule has 0 spiro atoms. The lowest BCUT2D eigenvalue weighted by Gasteiger charge is -2.35. The Bertz CT molecular complexity index is 419. The number of aryl methyl sites for hydroxylation is 1. The van der Waals surface area contributed by atoms with Gasteiger partial charge in [-0.25, -0.2) is 4.39 Å². The molecule has 1 saturated heterocycles. The third-order valence-corrected chi connectivity index (χ3v) is 4.20. The van der Waals surface area contributed by atoms with Crippen LogP contribution in [0.3, 0.4) is 0 Å². The average molecular weight is 264 g/mol. The van der Waals surface area contributed by atoms with Crippen molar-refractivity contribution in [2.75, 3.05) is 25.0 Å². The van der Waals surface area contributed by atoms with E-state index in [4.69, 9.17) is 0 Å². The molecule has 0 aliphatic carbocycles. The van der Waals surface area contributed by atoms with Crippen molar-refractivity contribution < 1.29 is 4.39 Å². The number of benzene rings is 1. The second-order valence-corrected chi connectivity index (χ2v) is 5.71. The zero-order valence-electron chi connectivity index (χ0n) is 12.2. The van der Waals surface area contributed by atoms with Crippen LogP contribution in [-0.4, -0.2) is 30.6 Å². The van der Waals surface area contributed by atoms with Gasteiger partial charge in [-0.2, -0.15) is 0 Å². The molecule has 1 aliphatic rings. The van der Waals surface area contributed by atoms with Crippen molar-refractivity contribution in [3.63, 3.8) is 0 Å². The molecule has 1 aliphatic heterocycles. The van der Waals surface area contributed by atoms with Gasteiger partial charge >= 0.3 is 0 Å². The van der Waals surface area contributed by atoms with Gasteiger partial charge < -0.3 is 10.2 Å². The van der Waals surface area contributed by atoms with Crippen LogP contribution < -0.4 is 5.32 Å². The van der Waals surface area contributed by atoms with Crippen LogP contribution in [0, 0.1) is 18.7 Å². The van der Waals surface area contributed by atoms with Gasteiger partial charge in [-0.1, -0.05) is 13.0 Å². The lowest BCUT2D eigenvalue weighted by atomic mass is 9.91. The minimum absolute atomic E-state index is 0.144. The molecule has 19 heavy (non-hydrogen) atoms. The Morgan fingerprint density at radius 1 is 1.47 bits per heavy atom. The van der Waals surface area contributed by atoms with Gasteiger partial charge in [0.05, 0.1) is 5.69 Å². The number of nitrogens with zero attached hydrogens (tertiary/aromatic N) is 1. The van der Waals surface area contributed by atoms with Gasteiger partial charge in [-0.15, -0.1) is 0 Å². The fraction of sp³-hybridized carbons (Fsp3) is 0.625. The molecule has 0 bridgehead atoms. The van der Waals surface area contributed by atoms with E-state index in [0.29, 0.717) is 17.6 Å². The average Bonchev–Trinajstić information content (AvgIpc) is 2.42. The number of piperidine rings is 1. The Kier molecular flexibility index (Phi) is 4.81. The number of halogens is 1. The minimum Gasteiger partial charge on any atom is -0.380 e. The second-order valence-electron chi connectivity index (χ2n) is 5.71. The summed E-state index contributed by atoms with van der Waals surface area (Å²) in [7, 11) is 0. The van der Waals surface area contributed by atoms with E-state index in [0.717, 1.165) is 18.7 Å². The minimum atomic E-state index is -0.144. The van der Waals surface area contributed by atoms with E-state index < -0.39 is 0 Å². The first-order valence-electron chi connectivity index (χ1n) is 7.35. The molecular formula is C16H25FN2. The van der Waals surface area contributed by atoms with Crippen LogP contribution in [0.5, 0.6) is 0 Å². The van der Waals surface area contributed by atoms with Crippen molar-refractivity contribution in [1.29, 1.82) is 0 Å². The summed E-state index contributed by atoms with van der Waals surface area (Å²) >= 11 is 0. The van der Waals surface area contributed by atoms with Crippen LogP contribution in [0.2, 0.25) is 0 Å². The Balaban J connectivity index is 1.98. The number of rotatable bonds is 4. The van der Waals surface area contributed by atoms with Gasteiger partial charge in [0.15, 0.2) is 0 Å². The van der Waals surface area contributed by atoms with Crippen LogP contribution in [0.1, 0.15) is 32.3 Å². The molecule has 0 amide bonds. The number of hydrogen-bond acceptors (Lipinski definition) is 2. The summed E-state index contributed by atoms with van der Waals surface area (Å²) in [6.07, 6.45) is 2.49. The molecule has 1 N–H and O–H groups in total. The quantitative estimate of drug-likeness (QED) is 0.892. The highest BCUT2D eigenvalue weighted by molar-refractivity contribution is 5.47. The fourth-order valence-corrected chi connectivity index (χ4v) is 2.89. The Hall–Kier alpha value is -1.09. The van der Waals surface area contributed by atoms with Gasteiger partial charge in [0.25, 0.3) is 0 Å². The summed E-state index contributed by atoms with van der Waals surface area (Å²) in [4.78, 5) is 2.48. The number of nitrogens with one attached hydrogen (secondary N) is 1. The topological polar surface area (TPSA) is 15.3 Å². The van der Waals surface area contributed by atoms with E-state index in [9.17, 15) is 4.39 Å². The van der Waals surface area contributed by atoms with E-state index >= 15 is 0 Å². The van der Waals surface area contributed by atoms with Crippen molar-refractivity contribution in [2.24, 2.45) is 5.92 Å². The van der Waals surface area contributed by atoms with E-state index in [1.54, 1.807) is 6.07 Å². The lowest BCUT2D eigenvalue weighted by molar-refractivity contribution is 0.172. The van der Waals surface area contributed by atoms with E-state index in [-0.39, 0.29) is 5.82 Å². The SMILES string of the molecule is CCN1CCCC(C(C)Nc2ccc(C)cc2F)C1. The maximum absolute atomic E-state index is 13.8. The molecule has 0 saturated carbocycles. The maximum Gasteiger partial charge on any atom is 0.146 e. The van der Waals surface area contributed by atoms with Gasteiger partial charge in [-0.05, 0) is 63.4 Å². The largest absolute Gasteiger partial charge is 0.380 e. The second kappa shape index (κ2) is 6.38. The standard InChI is InChI=1S/C16H25FN2/c1-4-19-9-5-6-14(11-19)13(3)18-16-8-7-12(2)10-15(16)17/h7-8,10,13-14,18H,4-6,9,11H2,1-3H3. The monoisotopic (exact) mass is 264 g/mol. The molecule has 1 fully saturated rings. The molecule has 1 heterocycles. The highest BCUT2D eigenvalue weighted by Crippen LogP contribution is 2.23. The maximum atomic E-state index is 13.8. The van der Waals surface area contributed by atoms with Gasteiger partial charge in [0, 0.05) is 12.6 Å². The lowest BCUT2D eigenvalue weighted by Crippen LogP contribution is -2.41. The van der Waals surface area contributed by atoms with Crippen molar-refractivity contribution in [2.45, 2.75) is 39.7 Å². The highest BCUT2D eigenvalue weighted by Gasteiger charge is 2.24. The van der Waals surface area contributed by atoms with Crippen molar-refractivity contribution in [3.8, 4) is 0 Å². The Morgan fingerprint density at radius 3 is 2.95 bits per heavy atom. The van der Waals surface area contributed by atoms with Crippen LogP contribution in [0.25, 0.3) is 0 Å². The van der Waals surface area contributed by atoms with Gasteiger partial charge in [-0.3, -0.25) is 0 Å². The fourth-order valence-electron chi connectivity index (χ4n) is 2.89. The zero-order valence-corrected chi connectivity index (χ0v) is 12.2. The third kappa shape index (κ3) is 3.69. The molecule has 0 aromatic heterocycles. The molecule has 2 rings (SSSR count). The predicted octanol–water partition coefficient (Wildman–Crippen LogP) is 3.67. The molecule has 1 aromatic rings. The molecule has 2 nitrogen and oxygen atoms in total. The Labute approximate surface area is 116 Å². The third-order valence-electron chi connectivity index (χ3n) is 4.20. The predicted molar refractivity (Wildman–Crippen MR) is 79.1 cm³/mol. The first kappa shape index (κ1) is 14.3. The van der Waals surface area contributed by atoms with Crippen LogP contribution in [0.15, 0.2) is 18.2 Å². The first-order chi connectivity index (χ1) is 9.10. The van der Waals surface area contributed by atoms with E-state index in [1.807, 2.05) is 19.1 Å². The summed E-state index contributed by atoms with van der Waals surface area (Å²) < 4.78 is 13.8. The van der Waals surface area contributed by atoms with Crippen molar-refractivity contribution in [1.82, 2.24) is 4.90 Å². The summed E-state index contributed by atoms with van der Waals surface area (Å²) in [5.74, 6) is 0.462. The molecule has 2 unspecified atom stereocenters. The summed E-state index contributed by atoms with van der Waals surface area (Å²) in [5, 5.41) is 3.35. The van der Waals surface area contributed by atoms with Crippen molar-refractivity contribution >= 4 is 5.69 Å². The van der Waals surface area contributed by atoms with Crippen molar-refractivity contribution in [3.05, 3.63) is 29.6 Å². The summed E-state index contributed by atoms with van der Waals surface area (Å²) in [6.45, 7) is 9.73. The van der Waals surface area contributed by atoms with E-state index in [1.165, 1.54) is 19.4 Å². The van der Waals surface area contributed by atoms with E-state index in [2.05, 4.69) is 24.1 Å². The zero-order chi connectivity index (χ0) is 13.8. The molecule has 0 radical (unpaired) electrons.